The SMILES string of the molecule is O=C1O/C(=C/c2ccc(O)c(F)c2)C(=O)N1C1CCCCC1. The zero-order chi connectivity index (χ0) is 15.7. The second-order valence-electron chi connectivity index (χ2n) is 5.55. The highest BCUT2D eigenvalue weighted by Crippen LogP contribution is 2.29. The summed E-state index contributed by atoms with van der Waals surface area (Å²) in [7, 11) is 0. The smallest absolute Gasteiger partial charge is 0.422 e. The van der Waals surface area contributed by atoms with E-state index in [1.165, 1.54) is 23.1 Å². The lowest BCUT2D eigenvalue weighted by atomic mass is 9.94. The molecule has 2 aliphatic rings. The molecule has 1 saturated heterocycles. The number of hydrogen-bond acceptors (Lipinski definition) is 4. The Labute approximate surface area is 127 Å². The Morgan fingerprint density at radius 3 is 2.64 bits per heavy atom. The normalized spacial score (nSPS) is 21.5. The minimum absolute atomic E-state index is 0.110. The van der Waals surface area contributed by atoms with Gasteiger partial charge in [0.2, 0.25) is 0 Å². The van der Waals surface area contributed by atoms with E-state index < -0.39 is 23.6 Å². The molecule has 1 saturated carbocycles. The summed E-state index contributed by atoms with van der Waals surface area (Å²) in [4.78, 5) is 25.4. The third-order valence-electron chi connectivity index (χ3n) is 4.03. The van der Waals surface area contributed by atoms with Gasteiger partial charge in [-0.15, -0.1) is 0 Å². The third kappa shape index (κ3) is 2.68. The lowest BCUT2D eigenvalue weighted by Crippen LogP contribution is -2.40. The van der Waals surface area contributed by atoms with Crippen molar-refractivity contribution in [3.8, 4) is 5.75 Å². The molecule has 6 heteroatoms. The molecule has 0 unspecified atom stereocenters. The molecule has 0 radical (unpaired) electrons. The monoisotopic (exact) mass is 305 g/mol. The summed E-state index contributed by atoms with van der Waals surface area (Å²) in [6.07, 6.45) is 5.33. The van der Waals surface area contributed by atoms with Crippen LogP contribution in [0.2, 0.25) is 0 Å². The van der Waals surface area contributed by atoms with Crippen molar-refractivity contribution in [3.63, 3.8) is 0 Å². The minimum Gasteiger partial charge on any atom is -0.505 e. The van der Waals surface area contributed by atoms with Crippen LogP contribution in [0.25, 0.3) is 6.08 Å². The maximum Gasteiger partial charge on any atom is 0.422 e. The molecule has 1 aliphatic heterocycles. The number of halogens is 1. The van der Waals surface area contributed by atoms with Gasteiger partial charge < -0.3 is 9.84 Å². The first-order valence-corrected chi connectivity index (χ1v) is 7.32. The maximum atomic E-state index is 13.3. The fraction of sp³-hybridized carbons (Fsp3) is 0.375. The number of benzene rings is 1. The topological polar surface area (TPSA) is 66.8 Å². The van der Waals surface area contributed by atoms with Gasteiger partial charge in [0.05, 0.1) is 0 Å². The van der Waals surface area contributed by atoms with Crippen LogP contribution in [0.1, 0.15) is 37.7 Å². The molecule has 22 heavy (non-hydrogen) atoms. The number of carbonyl (C=O) groups excluding carboxylic acids is 2. The van der Waals surface area contributed by atoms with E-state index in [1.54, 1.807) is 0 Å². The molecule has 0 atom stereocenters. The van der Waals surface area contributed by atoms with Crippen molar-refractivity contribution in [2.75, 3.05) is 0 Å². The summed E-state index contributed by atoms with van der Waals surface area (Å²) in [6.45, 7) is 0. The van der Waals surface area contributed by atoms with Crippen molar-refractivity contribution in [1.82, 2.24) is 4.90 Å². The van der Waals surface area contributed by atoms with Crippen molar-refractivity contribution in [2.24, 2.45) is 0 Å². The van der Waals surface area contributed by atoms with Crippen molar-refractivity contribution in [1.29, 1.82) is 0 Å². The molecule has 2 amide bonds. The first-order valence-electron chi connectivity index (χ1n) is 7.32. The fourth-order valence-corrected chi connectivity index (χ4v) is 2.90. The van der Waals surface area contributed by atoms with Crippen LogP contribution in [0.5, 0.6) is 5.75 Å². The maximum absolute atomic E-state index is 13.3. The van der Waals surface area contributed by atoms with Crippen LogP contribution in [0.3, 0.4) is 0 Å². The molecular formula is C16H16FNO4. The van der Waals surface area contributed by atoms with E-state index in [2.05, 4.69) is 0 Å². The number of ether oxygens (including phenoxy) is 1. The summed E-state index contributed by atoms with van der Waals surface area (Å²) in [5.74, 6) is -1.86. The van der Waals surface area contributed by atoms with E-state index in [-0.39, 0.29) is 11.8 Å². The molecule has 3 rings (SSSR count). The molecule has 116 valence electrons. The Bertz CT molecular complexity index is 650. The van der Waals surface area contributed by atoms with Crippen LogP contribution in [0.15, 0.2) is 24.0 Å². The van der Waals surface area contributed by atoms with Gasteiger partial charge in [-0.3, -0.25) is 4.79 Å². The van der Waals surface area contributed by atoms with E-state index in [0.29, 0.717) is 5.56 Å². The Hall–Kier alpha value is -2.37. The quantitative estimate of drug-likeness (QED) is 0.852. The Morgan fingerprint density at radius 2 is 1.95 bits per heavy atom. The van der Waals surface area contributed by atoms with Gasteiger partial charge >= 0.3 is 6.09 Å². The summed E-state index contributed by atoms with van der Waals surface area (Å²) in [5.41, 5.74) is 0.344. The number of amides is 2. The Morgan fingerprint density at radius 1 is 1.23 bits per heavy atom. The number of carbonyl (C=O) groups is 2. The highest BCUT2D eigenvalue weighted by molar-refractivity contribution is 6.10. The van der Waals surface area contributed by atoms with Gasteiger partial charge in [0.15, 0.2) is 17.3 Å². The second kappa shape index (κ2) is 5.79. The van der Waals surface area contributed by atoms with Gasteiger partial charge in [-0.05, 0) is 36.6 Å². The first-order chi connectivity index (χ1) is 10.6. The Balaban J connectivity index is 1.83. The van der Waals surface area contributed by atoms with E-state index in [9.17, 15) is 14.0 Å². The number of nitrogens with zero attached hydrogens (tertiary/aromatic N) is 1. The van der Waals surface area contributed by atoms with Crippen LogP contribution in [0.4, 0.5) is 9.18 Å². The number of phenolic OH excluding ortho intramolecular Hbond substituents is 1. The van der Waals surface area contributed by atoms with Crippen LogP contribution in [0, 0.1) is 5.82 Å². The van der Waals surface area contributed by atoms with Crippen LogP contribution in [-0.2, 0) is 9.53 Å². The van der Waals surface area contributed by atoms with E-state index in [0.717, 1.165) is 38.2 Å². The van der Waals surface area contributed by atoms with Crippen LogP contribution in [-0.4, -0.2) is 28.0 Å². The summed E-state index contributed by atoms with van der Waals surface area (Å²) < 4.78 is 18.3. The Kier molecular flexibility index (Phi) is 3.83. The zero-order valence-corrected chi connectivity index (χ0v) is 11.9. The minimum atomic E-state index is -0.796. The molecule has 1 aromatic rings. The summed E-state index contributed by atoms with van der Waals surface area (Å²) >= 11 is 0. The zero-order valence-electron chi connectivity index (χ0n) is 11.9. The van der Waals surface area contributed by atoms with Gasteiger partial charge in [-0.1, -0.05) is 25.3 Å². The lowest BCUT2D eigenvalue weighted by Gasteiger charge is -2.27. The van der Waals surface area contributed by atoms with E-state index in [4.69, 9.17) is 9.84 Å². The van der Waals surface area contributed by atoms with Crippen LogP contribution < -0.4 is 0 Å². The molecule has 1 aromatic carbocycles. The average Bonchev–Trinajstić information content (AvgIpc) is 2.78. The van der Waals surface area contributed by atoms with Gasteiger partial charge in [0.1, 0.15) is 0 Å². The summed E-state index contributed by atoms with van der Waals surface area (Å²) in [6, 6.07) is 3.58. The molecule has 0 aromatic heterocycles. The largest absolute Gasteiger partial charge is 0.505 e. The van der Waals surface area contributed by atoms with Crippen molar-refractivity contribution in [3.05, 3.63) is 35.3 Å². The predicted octanol–water partition coefficient (Wildman–Crippen LogP) is 3.18. The first kappa shape index (κ1) is 14.6. The molecule has 1 N–H and O–H groups in total. The third-order valence-corrected chi connectivity index (χ3v) is 4.03. The van der Waals surface area contributed by atoms with Crippen molar-refractivity contribution < 1.29 is 23.8 Å². The number of hydrogen-bond donors (Lipinski definition) is 1. The van der Waals surface area contributed by atoms with Crippen molar-refractivity contribution in [2.45, 2.75) is 38.1 Å². The summed E-state index contributed by atoms with van der Waals surface area (Å²) in [5, 5.41) is 9.15. The molecule has 1 aliphatic carbocycles. The number of imide groups is 1. The predicted molar refractivity (Wildman–Crippen MR) is 76.2 cm³/mol. The van der Waals surface area contributed by atoms with Gasteiger partial charge in [-0.2, -0.15) is 0 Å². The molecule has 1 heterocycles. The van der Waals surface area contributed by atoms with Gasteiger partial charge in [0, 0.05) is 6.04 Å². The number of cyclic esters (lactones) is 1. The fourth-order valence-electron chi connectivity index (χ4n) is 2.90. The second-order valence-corrected chi connectivity index (χ2v) is 5.55. The van der Waals surface area contributed by atoms with Gasteiger partial charge in [0.25, 0.3) is 5.91 Å². The number of phenols is 1. The number of aromatic hydroxyl groups is 1. The average molecular weight is 305 g/mol. The van der Waals surface area contributed by atoms with Crippen molar-refractivity contribution >= 4 is 18.1 Å². The molecule has 5 nitrogen and oxygen atoms in total. The van der Waals surface area contributed by atoms with E-state index in [1.807, 2.05) is 0 Å². The number of rotatable bonds is 2. The molecular weight excluding hydrogens is 289 g/mol. The van der Waals surface area contributed by atoms with Crippen LogP contribution >= 0.6 is 0 Å². The van der Waals surface area contributed by atoms with Gasteiger partial charge in [-0.25, -0.2) is 14.1 Å². The molecule has 0 bridgehead atoms. The lowest BCUT2D eigenvalue weighted by molar-refractivity contribution is -0.125. The highest BCUT2D eigenvalue weighted by Gasteiger charge is 2.41. The standard InChI is InChI=1S/C16H16FNO4/c17-12-8-10(6-7-13(12)19)9-14-15(20)18(16(21)22-14)11-4-2-1-3-5-11/h6-9,11,19H,1-5H2/b14-9+. The highest BCUT2D eigenvalue weighted by atomic mass is 19.1. The molecule has 2 fully saturated rings. The molecule has 0 spiro atoms. The van der Waals surface area contributed by atoms with E-state index >= 15 is 0 Å².